The number of hydrogen-bond donors (Lipinski definition) is 3. The molecule has 0 saturated heterocycles. The van der Waals surface area contributed by atoms with Crippen molar-refractivity contribution in [1.29, 1.82) is 0 Å². The Balaban J connectivity index is 1.55. The molecule has 0 spiro atoms. The van der Waals surface area contributed by atoms with Gasteiger partial charge in [0.05, 0.1) is 30.7 Å². The quantitative estimate of drug-likeness (QED) is 0.0861. The molecule has 10 nitrogen and oxygen atoms in total. The van der Waals surface area contributed by atoms with Crippen LogP contribution in [0.3, 0.4) is 0 Å². The van der Waals surface area contributed by atoms with E-state index in [1.807, 2.05) is 0 Å². The molecule has 3 amide bonds. The predicted octanol–water partition coefficient (Wildman–Crippen LogP) is 6.15. The van der Waals surface area contributed by atoms with Gasteiger partial charge >= 0.3 is 18.0 Å². The number of rotatable bonds is 13. The molecule has 0 unspecified atom stereocenters. The van der Waals surface area contributed by atoms with Gasteiger partial charge in [0.2, 0.25) is 0 Å². The van der Waals surface area contributed by atoms with E-state index >= 15 is 0 Å². The summed E-state index contributed by atoms with van der Waals surface area (Å²) in [6.45, 7) is 4.00. The van der Waals surface area contributed by atoms with Crippen LogP contribution in [0.15, 0.2) is 70.2 Å². The molecular formula is C30H30BrF3N4O6. The molecule has 14 heteroatoms. The zero-order chi connectivity index (χ0) is 32.1. The third-order valence-corrected chi connectivity index (χ3v) is 6.15. The van der Waals surface area contributed by atoms with Crippen LogP contribution in [-0.2, 0) is 20.6 Å². The van der Waals surface area contributed by atoms with Gasteiger partial charge in [0.25, 0.3) is 5.91 Å². The number of carbonyl (C=O) groups is 3. The average molecular weight is 679 g/mol. The van der Waals surface area contributed by atoms with Gasteiger partial charge in [-0.25, -0.2) is 5.43 Å². The minimum absolute atomic E-state index is 0.149. The van der Waals surface area contributed by atoms with E-state index in [2.05, 4.69) is 44.0 Å². The Bertz CT molecular complexity index is 1480. The van der Waals surface area contributed by atoms with Crippen molar-refractivity contribution in [3.63, 3.8) is 0 Å². The number of ether oxygens (including phenoxy) is 3. The van der Waals surface area contributed by atoms with Crippen molar-refractivity contribution >= 4 is 51.2 Å². The van der Waals surface area contributed by atoms with Gasteiger partial charge in [-0.2, -0.15) is 18.3 Å². The lowest BCUT2D eigenvalue weighted by Crippen LogP contribution is -2.32. The number of nitrogens with one attached hydrogen (secondary N) is 3. The SMILES string of the molecule is CCCCOc1ccc(NC(=O)C(=O)N/N=C\c2ccc(OCC(=O)Nc3ccc(Br)cc3C(F)(F)F)c(OCC)c2)cc1. The van der Waals surface area contributed by atoms with Crippen molar-refractivity contribution in [3.8, 4) is 17.2 Å². The number of nitrogens with zero attached hydrogens (tertiary/aromatic N) is 1. The molecule has 234 valence electrons. The summed E-state index contributed by atoms with van der Waals surface area (Å²) < 4.78 is 56.8. The first-order valence-electron chi connectivity index (χ1n) is 13.4. The fourth-order valence-corrected chi connectivity index (χ4v) is 3.92. The Hall–Kier alpha value is -4.59. The monoisotopic (exact) mass is 678 g/mol. The van der Waals surface area contributed by atoms with Crippen LogP contribution in [0.1, 0.15) is 37.8 Å². The second-order valence-corrected chi connectivity index (χ2v) is 9.96. The van der Waals surface area contributed by atoms with Crippen LogP contribution in [-0.4, -0.2) is 43.8 Å². The van der Waals surface area contributed by atoms with Gasteiger partial charge in [0.1, 0.15) is 5.75 Å². The summed E-state index contributed by atoms with van der Waals surface area (Å²) in [4.78, 5) is 36.7. The maximum atomic E-state index is 13.3. The fourth-order valence-electron chi connectivity index (χ4n) is 3.56. The Morgan fingerprint density at radius 3 is 2.32 bits per heavy atom. The highest BCUT2D eigenvalue weighted by Gasteiger charge is 2.34. The van der Waals surface area contributed by atoms with Crippen LogP contribution >= 0.6 is 15.9 Å². The summed E-state index contributed by atoms with van der Waals surface area (Å²) in [5.41, 5.74) is 1.57. The van der Waals surface area contributed by atoms with Gasteiger partial charge in [-0.1, -0.05) is 29.3 Å². The topological polar surface area (TPSA) is 127 Å². The van der Waals surface area contributed by atoms with Crippen LogP contribution in [0.2, 0.25) is 0 Å². The lowest BCUT2D eigenvalue weighted by atomic mass is 10.1. The molecule has 3 aromatic rings. The number of anilines is 2. The number of amides is 3. The normalized spacial score (nSPS) is 11.1. The molecule has 44 heavy (non-hydrogen) atoms. The first kappa shape index (κ1) is 33.9. The Labute approximate surface area is 260 Å². The third-order valence-electron chi connectivity index (χ3n) is 5.65. The first-order chi connectivity index (χ1) is 21.0. The number of hydrogen-bond acceptors (Lipinski definition) is 7. The minimum Gasteiger partial charge on any atom is -0.494 e. The highest BCUT2D eigenvalue weighted by molar-refractivity contribution is 9.10. The summed E-state index contributed by atoms with van der Waals surface area (Å²) in [7, 11) is 0. The number of halogens is 4. The number of unbranched alkanes of at least 4 members (excludes halogenated alkanes) is 1. The van der Waals surface area contributed by atoms with Gasteiger partial charge in [0, 0.05) is 10.2 Å². The Morgan fingerprint density at radius 1 is 0.886 bits per heavy atom. The molecule has 0 fully saturated rings. The van der Waals surface area contributed by atoms with Crippen molar-refractivity contribution in [3.05, 3.63) is 76.3 Å². The summed E-state index contributed by atoms with van der Waals surface area (Å²) >= 11 is 2.99. The van der Waals surface area contributed by atoms with E-state index in [9.17, 15) is 27.6 Å². The number of carbonyl (C=O) groups excluding carboxylic acids is 3. The van der Waals surface area contributed by atoms with Crippen LogP contribution in [0.4, 0.5) is 24.5 Å². The van der Waals surface area contributed by atoms with Crippen molar-refractivity contribution in [2.75, 3.05) is 30.5 Å². The van der Waals surface area contributed by atoms with Gasteiger partial charge in [-0.05, 0) is 79.6 Å². The zero-order valence-electron chi connectivity index (χ0n) is 23.8. The Kier molecular flexibility index (Phi) is 12.6. The maximum absolute atomic E-state index is 13.3. The molecule has 0 radical (unpaired) electrons. The van der Waals surface area contributed by atoms with E-state index in [1.165, 1.54) is 30.5 Å². The second-order valence-electron chi connectivity index (χ2n) is 9.04. The molecule has 0 aliphatic heterocycles. The predicted molar refractivity (Wildman–Crippen MR) is 162 cm³/mol. The lowest BCUT2D eigenvalue weighted by molar-refractivity contribution is -0.137. The van der Waals surface area contributed by atoms with Crippen molar-refractivity contribution in [1.82, 2.24) is 5.43 Å². The van der Waals surface area contributed by atoms with Gasteiger partial charge in [-0.3, -0.25) is 14.4 Å². The molecule has 0 saturated carbocycles. The van der Waals surface area contributed by atoms with E-state index < -0.39 is 41.8 Å². The third kappa shape index (κ3) is 10.6. The molecular weight excluding hydrogens is 649 g/mol. The molecule has 0 aliphatic rings. The van der Waals surface area contributed by atoms with Crippen LogP contribution in [0.25, 0.3) is 0 Å². The van der Waals surface area contributed by atoms with Gasteiger partial charge in [-0.15, -0.1) is 0 Å². The van der Waals surface area contributed by atoms with Crippen molar-refractivity contribution < 1.29 is 41.8 Å². The van der Waals surface area contributed by atoms with E-state index in [1.54, 1.807) is 31.2 Å². The second kappa shape index (κ2) is 16.3. The smallest absolute Gasteiger partial charge is 0.418 e. The van der Waals surface area contributed by atoms with Crippen LogP contribution in [0.5, 0.6) is 17.2 Å². The largest absolute Gasteiger partial charge is 0.494 e. The molecule has 0 atom stereocenters. The average Bonchev–Trinajstić information content (AvgIpc) is 2.98. The Morgan fingerprint density at radius 2 is 1.64 bits per heavy atom. The summed E-state index contributed by atoms with van der Waals surface area (Å²) in [6, 6.07) is 14.5. The molecule has 3 N–H and O–H groups in total. The lowest BCUT2D eigenvalue weighted by Gasteiger charge is -2.15. The number of hydrazone groups is 1. The standard InChI is InChI=1S/C30H30BrF3N4O6/c1-3-5-14-43-22-10-8-21(9-11-22)36-28(40)29(41)38-35-17-19-6-13-25(26(15-19)42-4-2)44-18-27(39)37-24-12-7-20(31)16-23(24)30(32,33)34/h6-13,15-17H,3-5,14,18H2,1-2H3,(H,36,40)(H,37,39)(H,38,41)/b35-17-. The molecule has 3 rings (SSSR count). The molecule has 0 aliphatic carbocycles. The summed E-state index contributed by atoms with van der Waals surface area (Å²) in [5, 5.41) is 8.45. The number of alkyl halides is 3. The highest BCUT2D eigenvalue weighted by atomic mass is 79.9. The highest BCUT2D eigenvalue weighted by Crippen LogP contribution is 2.36. The molecule has 0 aromatic heterocycles. The fraction of sp³-hybridized carbons (Fsp3) is 0.267. The van der Waals surface area contributed by atoms with E-state index in [0.29, 0.717) is 23.6 Å². The summed E-state index contributed by atoms with van der Waals surface area (Å²) in [6.07, 6.45) is -1.48. The van der Waals surface area contributed by atoms with Crippen molar-refractivity contribution in [2.45, 2.75) is 32.9 Å². The maximum Gasteiger partial charge on any atom is 0.418 e. The molecule has 0 heterocycles. The first-order valence-corrected chi connectivity index (χ1v) is 14.2. The minimum atomic E-state index is -4.68. The van der Waals surface area contributed by atoms with E-state index in [0.717, 1.165) is 25.0 Å². The van der Waals surface area contributed by atoms with Gasteiger partial charge in [0.15, 0.2) is 18.1 Å². The number of benzene rings is 3. The van der Waals surface area contributed by atoms with E-state index in [4.69, 9.17) is 14.2 Å². The summed E-state index contributed by atoms with van der Waals surface area (Å²) in [5.74, 6) is -1.73. The zero-order valence-corrected chi connectivity index (χ0v) is 25.4. The molecule has 0 bridgehead atoms. The van der Waals surface area contributed by atoms with Gasteiger partial charge < -0.3 is 24.8 Å². The van der Waals surface area contributed by atoms with Crippen LogP contribution < -0.4 is 30.3 Å². The van der Waals surface area contributed by atoms with Crippen molar-refractivity contribution in [2.24, 2.45) is 5.10 Å². The molecule has 3 aromatic carbocycles. The van der Waals surface area contributed by atoms with Crippen LogP contribution in [0, 0.1) is 0 Å². The van der Waals surface area contributed by atoms with E-state index in [-0.39, 0.29) is 22.6 Å².